The van der Waals surface area contributed by atoms with Crippen LogP contribution in [0.2, 0.25) is 0 Å². The lowest BCUT2D eigenvalue weighted by atomic mass is 10.0. The molecule has 2 N–H and O–H groups in total. The summed E-state index contributed by atoms with van der Waals surface area (Å²) in [6.07, 6.45) is 1.95. The van der Waals surface area contributed by atoms with Crippen molar-refractivity contribution in [2.45, 2.75) is 33.1 Å². The number of hydrogen-bond donors (Lipinski definition) is 2. The molecule has 3 rings (SSSR count). The van der Waals surface area contributed by atoms with Crippen molar-refractivity contribution >= 4 is 21.7 Å². The van der Waals surface area contributed by atoms with Crippen molar-refractivity contribution in [2.75, 3.05) is 13.2 Å². The molecule has 9 heteroatoms. The van der Waals surface area contributed by atoms with Crippen LogP contribution in [0.4, 0.5) is 0 Å². The zero-order chi connectivity index (χ0) is 22.2. The Hall–Kier alpha value is -2.94. The van der Waals surface area contributed by atoms with E-state index in [1.54, 1.807) is 12.1 Å². The van der Waals surface area contributed by atoms with Gasteiger partial charge in [-0.25, -0.2) is 0 Å². The third-order valence-corrected chi connectivity index (χ3v) is 5.24. The molecule has 0 amide bonds. The minimum absolute atomic E-state index is 0.0760. The molecule has 0 radical (unpaired) electrons. The highest BCUT2D eigenvalue weighted by molar-refractivity contribution is 9.10. The van der Waals surface area contributed by atoms with E-state index < -0.39 is 0 Å². The minimum atomic E-state index is -0.0831. The van der Waals surface area contributed by atoms with E-state index in [1.807, 2.05) is 38.1 Å². The van der Waals surface area contributed by atoms with E-state index in [9.17, 15) is 9.90 Å². The maximum Gasteiger partial charge on any atom is 0.204 e. The Bertz CT molecular complexity index is 1010. The van der Waals surface area contributed by atoms with E-state index in [0.29, 0.717) is 41.2 Å². The van der Waals surface area contributed by atoms with Gasteiger partial charge in [0, 0.05) is 12.0 Å². The SMILES string of the molecule is CC(C)CC(=O)c1ccc(OCCCCOc2cccc(-c3nn[nH]n3)c2)c(Br)c1O. The number of ether oxygens (including phenoxy) is 2. The molecule has 164 valence electrons. The van der Waals surface area contributed by atoms with Crippen molar-refractivity contribution in [2.24, 2.45) is 5.92 Å². The Labute approximate surface area is 189 Å². The lowest BCUT2D eigenvalue weighted by Crippen LogP contribution is -2.06. The Morgan fingerprint density at radius 1 is 1.16 bits per heavy atom. The first-order valence-corrected chi connectivity index (χ1v) is 10.9. The highest BCUT2D eigenvalue weighted by Gasteiger charge is 2.18. The first-order chi connectivity index (χ1) is 15.0. The summed E-state index contributed by atoms with van der Waals surface area (Å²) >= 11 is 3.33. The third-order valence-electron chi connectivity index (χ3n) is 4.48. The first-order valence-electron chi connectivity index (χ1n) is 10.1. The van der Waals surface area contributed by atoms with Gasteiger partial charge in [0.15, 0.2) is 5.78 Å². The normalized spacial score (nSPS) is 11.0. The number of rotatable bonds is 11. The van der Waals surface area contributed by atoms with Gasteiger partial charge in [0.05, 0.1) is 18.8 Å². The van der Waals surface area contributed by atoms with Gasteiger partial charge in [-0.3, -0.25) is 4.79 Å². The summed E-state index contributed by atoms with van der Waals surface area (Å²) in [6, 6.07) is 10.8. The van der Waals surface area contributed by atoms with Crippen LogP contribution in [0.1, 0.15) is 43.5 Å². The third kappa shape index (κ3) is 6.27. The maximum atomic E-state index is 12.2. The topological polar surface area (TPSA) is 110 Å². The number of carbonyl (C=O) groups excluding carboxylic acids is 1. The molecule has 0 aliphatic carbocycles. The van der Waals surface area contributed by atoms with E-state index in [2.05, 4.69) is 36.6 Å². The van der Waals surface area contributed by atoms with Gasteiger partial charge in [-0.1, -0.05) is 26.0 Å². The Morgan fingerprint density at radius 2 is 1.94 bits per heavy atom. The molecule has 31 heavy (non-hydrogen) atoms. The lowest BCUT2D eigenvalue weighted by molar-refractivity contribution is 0.0965. The molecule has 3 aromatic rings. The monoisotopic (exact) mass is 488 g/mol. The van der Waals surface area contributed by atoms with E-state index >= 15 is 0 Å². The van der Waals surface area contributed by atoms with Crippen LogP contribution in [0.15, 0.2) is 40.9 Å². The molecule has 0 spiro atoms. The predicted molar refractivity (Wildman–Crippen MR) is 119 cm³/mol. The quantitative estimate of drug-likeness (QED) is 0.294. The number of phenols is 1. The van der Waals surface area contributed by atoms with Crippen LogP contribution in [0, 0.1) is 5.92 Å². The molecule has 0 saturated carbocycles. The van der Waals surface area contributed by atoms with E-state index in [0.717, 1.165) is 24.2 Å². The van der Waals surface area contributed by atoms with Crippen LogP contribution >= 0.6 is 15.9 Å². The number of aromatic nitrogens is 4. The number of nitrogens with zero attached hydrogens (tertiary/aromatic N) is 3. The van der Waals surface area contributed by atoms with Gasteiger partial charge in [0.1, 0.15) is 21.7 Å². The summed E-state index contributed by atoms with van der Waals surface area (Å²) in [5, 5.41) is 24.2. The fourth-order valence-corrected chi connectivity index (χ4v) is 3.41. The summed E-state index contributed by atoms with van der Waals surface area (Å²) in [4.78, 5) is 12.2. The van der Waals surface area contributed by atoms with Crippen molar-refractivity contribution in [1.29, 1.82) is 0 Å². The summed E-state index contributed by atoms with van der Waals surface area (Å²) in [5.41, 5.74) is 1.14. The zero-order valence-electron chi connectivity index (χ0n) is 17.5. The molecule has 0 bridgehead atoms. The van der Waals surface area contributed by atoms with Gasteiger partial charge in [0.25, 0.3) is 0 Å². The van der Waals surface area contributed by atoms with E-state index in [4.69, 9.17) is 9.47 Å². The fourth-order valence-electron chi connectivity index (χ4n) is 2.95. The van der Waals surface area contributed by atoms with Crippen LogP contribution < -0.4 is 9.47 Å². The average Bonchev–Trinajstić information content (AvgIpc) is 3.28. The summed E-state index contributed by atoms with van der Waals surface area (Å²) in [5.74, 6) is 1.83. The number of tetrazole rings is 1. The highest BCUT2D eigenvalue weighted by atomic mass is 79.9. The zero-order valence-corrected chi connectivity index (χ0v) is 19.1. The number of carbonyl (C=O) groups is 1. The summed E-state index contributed by atoms with van der Waals surface area (Å²) in [6.45, 7) is 4.93. The van der Waals surface area contributed by atoms with E-state index in [-0.39, 0.29) is 17.5 Å². The van der Waals surface area contributed by atoms with Crippen molar-refractivity contribution < 1.29 is 19.4 Å². The molecule has 0 atom stereocenters. The van der Waals surface area contributed by atoms with Crippen LogP contribution in [-0.2, 0) is 0 Å². The second kappa shape index (κ2) is 10.9. The molecule has 2 aromatic carbocycles. The van der Waals surface area contributed by atoms with Crippen molar-refractivity contribution in [3.63, 3.8) is 0 Å². The van der Waals surface area contributed by atoms with Crippen molar-refractivity contribution in [3.05, 3.63) is 46.4 Å². The molecule has 1 heterocycles. The second-order valence-electron chi connectivity index (χ2n) is 7.46. The average molecular weight is 489 g/mol. The molecule has 0 fully saturated rings. The molecular weight excluding hydrogens is 464 g/mol. The van der Waals surface area contributed by atoms with Gasteiger partial charge in [-0.2, -0.15) is 5.21 Å². The minimum Gasteiger partial charge on any atom is -0.506 e. The second-order valence-corrected chi connectivity index (χ2v) is 8.26. The van der Waals surface area contributed by atoms with Crippen LogP contribution in [-0.4, -0.2) is 44.7 Å². The van der Waals surface area contributed by atoms with Crippen LogP contribution in [0.5, 0.6) is 17.2 Å². The Balaban J connectivity index is 1.44. The number of aromatic hydroxyl groups is 1. The molecular formula is C22H25BrN4O4. The highest BCUT2D eigenvalue weighted by Crippen LogP contribution is 2.37. The largest absolute Gasteiger partial charge is 0.506 e. The van der Waals surface area contributed by atoms with Crippen LogP contribution in [0.3, 0.4) is 0 Å². The number of H-pyrrole nitrogens is 1. The summed E-state index contributed by atoms with van der Waals surface area (Å²) in [7, 11) is 0. The number of phenolic OH excluding ortho intramolecular Hbond substituents is 1. The number of ketones is 1. The van der Waals surface area contributed by atoms with Gasteiger partial charge in [-0.15, -0.1) is 10.2 Å². The number of nitrogens with one attached hydrogen (secondary N) is 1. The molecule has 0 aliphatic heterocycles. The molecule has 8 nitrogen and oxygen atoms in total. The van der Waals surface area contributed by atoms with Gasteiger partial charge >= 0.3 is 0 Å². The number of unbranched alkanes of at least 4 members (excludes halogenated alkanes) is 1. The maximum absolute atomic E-state index is 12.2. The predicted octanol–water partition coefficient (Wildman–Crippen LogP) is 4.80. The summed E-state index contributed by atoms with van der Waals surface area (Å²) < 4.78 is 11.9. The standard InChI is InChI=1S/C22H25BrN4O4/c1-14(2)12-18(28)17-8-9-19(20(23)21(17)29)31-11-4-3-10-30-16-7-5-6-15(13-16)22-24-26-27-25-22/h5-9,13-14,29H,3-4,10-12H2,1-2H3,(H,24,25,26,27). The smallest absolute Gasteiger partial charge is 0.204 e. The number of hydrogen-bond acceptors (Lipinski definition) is 7. The molecule has 1 aromatic heterocycles. The molecule has 0 saturated heterocycles. The first kappa shape index (κ1) is 22.7. The number of aromatic amines is 1. The van der Waals surface area contributed by atoms with Gasteiger partial charge in [0.2, 0.25) is 5.82 Å². The Kier molecular flexibility index (Phi) is 8.00. The van der Waals surface area contributed by atoms with Gasteiger partial charge in [-0.05, 0) is 64.2 Å². The lowest BCUT2D eigenvalue weighted by Gasteiger charge is -2.13. The van der Waals surface area contributed by atoms with Crippen molar-refractivity contribution in [1.82, 2.24) is 20.6 Å². The Morgan fingerprint density at radius 3 is 2.65 bits per heavy atom. The van der Waals surface area contributed by atoms with Crippen LogP contribution in [0.25, 0.3) is 11.4 Å². The van der Waals surface area contributed by atoms with Crippen molar-refractivity contribution in [3.8, 4) is 28.6 Å². The van der Waals surface area contributed by atoms with E-state index in [1.165, 1.54) is 0 Å². The molecule has 0 unspecified atom stereocenters. The molecule has 0 aliphatic rings. The number of halogens is 1. The fraction of sp³-hybridized carbons (Fsp3) is 0.364. The number of Topliss-reactive ketones (excluding diaryl/α,β-unsaturated/α-hetero) is 1. The number of benzene rings is 2. The van der Waals surface area contributed by atoms with Gasteiger partial charge < -0.3 is 14.6 Å².